The van der Waals surface area contributed by atoms with Crippen LogP contribution in [0.2, 0.25) is 5.02 Å². The van der Waals surface area contributed by atoms with E-state index in [9.17, 15) is 13.2 Å². The van der Waals surface area contributed by atoms with Crippen LogP contribution in [0.5, 0.6) is 0 Å². The highest BCUT2D eigenvalue weighted by Gasteiger charge is 2.23. The van der Waals surface area contributed by atoms with Crippen molar-refractivity contribution in [2.24, 2.45) is 0 Å². The van der Waals surface area contributed by atoms with Crippen LogP contribution in [0.15, 0.2) is 18.2 Å². The molecule has 0 aliphatic carbocycles. The molecule has 0 N–H and O–H groups in total. The second-order valence-corrected chi connectivity index (χ2v) is 7.85. The first-order chi connectivity index (χ1) is 10.8. The third-order valence-corrected chi connectivity index (χ3v) is 5.15. The molecule has 0 radical (unpaired) electrons. The Kier molecular flexibility index (Phi) is 5.89. The Balaban J connectivity index is 2.14. The lowest BCUT2D eigenvalue weighted by Crippen LogP contribution is -2.42. The molecule has 0 saturated carbocycles. The van der Waals surface area contributed by atoms with Crippen LogP contribution >= 0.6 is 11.6 Å². The maximum absolute atomic E-state index is 12.2. The van der Waals surface area contributed by atoms with E-state index in [0.717, 1.165) is 11.8 Å². The monoisotopic (exact) mass is 360 g/mol. The van der Waals surface area contributed by atoms with Crippen molar-refractivity contribution < 1.29 is 17.9 Å². The number of benzene rings is 1. The van der Waals surface area contributed by atoms with Crippen LogP contribution in [0.1, 0.15) is 12.0 Å². The number of morpholine rings is 1. The van der Waals surface area contributed by atoms with E-state index in [4.69, 9.17) is 16.3 Å². The van der Waals surface area contributed by atoms with E-state index >= 15 is 0 Å². The van der Waals surface area contributed by atoms with Crippen LogP contribution in [-0.4, -0.2) is 58.3 Å². The number of halogens is 1. The SMILES string of the molecule is Cc1ccc(Cl)cc1N(CCC(=O)N1CCOCC1)S(C)(=O)=O. The van der Waals surface area contributed by atoms with Gasteiger partial charge in [-0.3, -0.25) is 9.10 Å². The average Bonchev–Trinajstić information content (AvgIpc) is 2.50. The number of amides is 1. The topological polar surface area (TPSA) is 66.9 Å². The van der Waals surface area contributed by atoms with Gasteiger partial charge in [-0.15, -0.1) is 0 Å². The summed E-state index contributed by atoms with van der Waals surface area (Å²) in [7, 11) is -3.50. The minimum absolute atomic E-state index is 0.0679. The number of sulfonamides is 1. The Labute approximate surface area is 142 Å². The van der Waals surface area contributed by atoms with Gasteiger partial charge in [0.1, 0.15) is 0 Å². The molecule has 1 saturated heterocycles. The zero-order chi connectivity index (χ0) is 17.0. The lowest BCUT2D eigenvalue weighted by atomic mass is 10.2. The largest absolute Gasteiger partial charge is 0.378 e. The van der Waals surface area contributed by atoms with Crippen molar-refractivity contribution in [2.75, 3.05) is 43.4 Å². The Morgan fingerprint density at radius 2 is 2.00 bits per heavy atom. The van der Waals surface area contributed by atoms with Gasteiger partial charge in [-0.1, -0.05) is 17.7 Å². The van der Waals surface area contributed by atoms with Gasteiger partial charge in [0.05, 0.1) is 25.2 Å². The van der Waals surface area contributed by atoms with Gasteiger partial charge < -0.3 is 9.64 Å². The first-order valence-corrected chi connectivity index (χ1v) is 9.61. The van der Waals surface area contributed by atoms with Crippen molar-refractivity contribution in [3.05, 3.63) is 28.8 Å². The van der Waals surface area contributed by atoms with Gasteiger partial charge in [-0.2, -0.15) is 0 Å². The minimum Gasteiger partial charge on any atom is -0.378 e. The molecule has 23 heavy (non-hydrogen) atoms. The molecule has 0 atom stereocenters. The summed E-state index contributed by atoms with van der Waals surface area (Å²) in [4.78, 5) is 13.9. The summed E-state index contributed by atoms with van der Waals surface area (Å²) in [5.41, 5.74) is 1.30. The molecule has 1 aliphatic rings. The second-order valence-electron chi connectivity index (χ2n) is 5.51. The van der Waals surface area contributed by atoms with Gasteiger partial charge in [-0.25, -0.2) is 8.42 Å². The maximum Gasteiger partial charge on any atom is 0.232 e. The number of ether oxygens (including phenoxy) is 1. The van der Waals surface area contributed by atoms with Crippen molar-refractivity contribution in [1.82, 2.24) is 4.90 Å². The van der Waals surface area contributed by atoms with Gasteiger partial charge in [0, 0.05) is 31.1 Å². The summed E-state index contributed by atoms with van der Waals surface area (Å²) in [5, 5.41) is 0.457. The van der Waals surface area contributed by atoms with Gasteiger partial charge in [0.25, 0.3) is 0 Å². The van der Waals surface area contributed by atoms with E-state index in [0.29, 0.717) is 37.0 Å². The molecule has 0 spiro atoms. The van der Waals surface area contributed by atoms with E-state index in [-0.39, 0.29) is 18.9 Å². The van der Waals surface area contributed by atoms with Crippen molar-refractivity contribution in [3.63, 3.8) is 0 Å². The third kappa shape index (κ3) is 4.83. The summed E-state index contributed by atoms with van der Waals surface area (Å²) in [6, 6.07) is 5.08. The quantitative estimate of drug-likeness (QED) is 0.801. The van der Waals surface area contributed by atoms with Crippen molar-refractivity contribution >= 4 is 33.2 Å². The van der Waals surface area contributed by atoms with Crippen LogP contribution in [-0.2, 0) is 19.6 Å². The molecule has 6 nitrogen and oxygen atoms in total. The zero-order valence-electron chi connectivity index (χ0n) is 13.3. The number of hydrogen-bond donors (Lipinski definition) is 0. The Morgan fingerprint density at radius 3 is 2.61 bits per heavy atom. The van der Waals surface area contributed by atoms with Crippen LogP contribution in [0.4, 0.5) is 5.69 Å². The first-order valence-electron chi connectivity index (χ1n) is 7.38. The summed E-state index contributed by atoms with van der Waals surface area (Å²) in [5.74, 6) is -0.0679. The molecule has 1 aliphatic heterocycles. The van der Waals surface area contributed by atoms with Crippen molar-refractivity contribution in [2.45, 2.75) is 13.3 Å². The van der Waals surface area contributed by atoms with Gasteiger partial charge in [0.15, 0.2) is 0 Å². The highest BCUT2D eigenvalue weighted by atomic mass is 35.5. The van der Waals surface area contributed by atoms with E-state index < -0.39 is 10.0 Å². The summed E-state index contributed by atoms with van der Waals surface area (Å²) >= 11 is 5.98. The summed E-state index contributed by atoms with van der Waals surface area (Å²) < 4.78 is 30.7. The molecule has 1 fully saturated rings. The lowest BCUT2D eigenvalue weighted by molar-refractivity contribution is -0.134. The van der Waals surface area contributed by atoms with Crippen LogP contribution in [0.3, 0.4) is 0 Å². The predicted octanol–water partition coefficient (Wildman–Crippen LogP) is 1.66. The molecule has 1 amide bonds. The molecule has 1 aromatic rings. The number of aryl methyl sites for hydroxylation is 1. The van der Waals surface area contributed by atoms with Crippen molar-refractivity contribution in [3.8, 4) is 0 Å². The molecular formula is C15H21ClN2O4S. The molecule has 2 rings (SSSR count). The van der Waals surface area contributed by atoms with E-state index in [2.05, 4.69) is 0 Å². The predicted molar refractivity (Wildman–Crippen MR) is 90.4 cm³/mol. The Bertz CT molecular complexity index is 672. The highest BCUT2D eigenvalue weighted by molar-refractivity contribution is 7.92. The number of anilines is 1. The number of carbonyl (C=O) groups is 1. The van der Waals surface area contributed by atoms with Crippen molar-refractivity contribution in [1.29, 1.82) is 0 Å². The smallest absolute Gasteiger partial charge is 0.232 e. The highest BCUT2D eigenvalue weighted by Crippen LogP contribution is 2.26. The number of carbonyl (C=O) groups excluding carboxylic acids is 1. The normalized spacial score (nSPS) is 15.5. The summed E-state index contributed by atoms with van der Waals surface area (Å²) in [6.07, 6.45) is 1.26. The van der Waals surface area contributed by atoms with Gasteiger partial charge >= 0.3 is 0 Å². The van der Waals surface area contributed by atoms with Gasteiger partial charge in [0.2, 0.25) is 15.9 Å². The fourth-order valence-electron chi connectivity index (χ4n) is 2.48. The molecule has 0 aromatic heterocycles. The van der Waals surface area contributed by atoms with Crippen LogP contribution < -0.4 is 4.31 Å². The molecule has 128 valence electrons. The average molecular weight is 361 g/mol. The Morgan fingerprint density at radius 1 is 1.35 bits per heavy atom. The molecule has 1 aromatic carbocycles. The second kappa shape index (κ2) is 7.51. The molecular weight excluding hydrogens is 340 g/mol. The van der Waals surface area contributed by atoms with Crippen LogP contribution in [0.25, 0.3) is 0 Å². The number of hydrogen-bond acceptors (Lipinski definition) is 4. The lowest BCUT2D eigenvalue weighted by Gasteiger charge is -2.29. The molecule has 1 heterocycles. The fraction of sp³-hybridized carbons (Fsp3) is 0.533. The molecule has 0 unspecified atom stereocenters. The van der Waals surface area contributed by atoms with Crippen LogP contribution in [0, 0.1) is 6.92 Å². The van der Waals surface area contributed by atoms with E-state index in [1.54, 1.807) is 23.1 Å². The first kappa shape index (κ1) is 18.0. The minimum atomic E-state index is -3.50. The fourth-order valence-corrected chi connectivity index (χ4v) is 3.63. The number of rotatable bonds is 5. The number of nitrogens with zero attached hydrogens (tertiary/aromatic N) is 2. The Hall–Kier alpha value is -1.31. The van der Waals surface area contributed by atoms with Gasteiger partial charge in [-0.05, 0) is 24.6 Å². The van der Waals surface area contributed by atoms with E-state index in [1.807, 2.05) is 6.92 Å². The molecule has 0 bridgehead atoms. The maximum atomic E-state index is 12.2. The molecule has 8 heteroatoms. The standard InChI is InChI=1S/C15H21ClN2O4S/c1-12-3-4-13(16)11-14(12)18(23(2,20)21)6-5-15(19)17-7-9-22-10-8-17/h3-4,11H,5-10H2,1-2H3. The van der Waals surface area contributed by atoms with E-state index in [1.165, 1.54) is 4.31 Å². The zero-order valence-corrected chi connectivity index (χ0v) is 14.9. The summed E-state index contributed by atoms with van der Waals surface area (Å²) in [6.45, 7) is 4.05. The third-order valence-electron chi connectivity index (χ3n) is 3.73.